The lowest BCUT2D eigenvalue weighted by atomic mass is 10.1. The van der Waals surface area contributed by atoms with Crippen molar-refractivity contribution in [2.24, 2.45) is 0 Å². The molecule has 4 heteroatoms. The molecule has 0 unspecified atom stereocenters. The summed E-state index contributed by atoms with van der Waals surface area (Å²) in [6.45, 7) is 0. The summed E-state index contributed by atoms with van der Waals surface area (Å²) in [6.07, 6.45) is 5.31. The monoisotopic (exact) mass is 348 g/mol. The van der Waals surface area contributed by atoms with Gasteiger partial charge in [0.15, 0.2) is 0 Å². The molecule has 0 atom stereocenters. The fourth-order valence-corrected chi connectivity index (χ4v) is 2.41. The van der Waals surface area contributed by atoms with Crippen LogP contribution in [0.4, 0.5) is 0 Å². The molecule has 0 fully saturated rings. The van der Waals surface area contributed by atoms with E-state index >= 15 is 0 Å². The molecule has 2 aromatic heterocycles. The molecule has 102 valence electrons. The second kappa shape index (κ2) is 7.98. The summed E-state index contributed by atoms with van der Waals surface area (Å²) in [7, 11) is 0. The Bertz CT molecular complexity index is 653. The average Bonchev–Trinajstić information content (AvgIpc) is 2.55. The zero-order chi connectivity index (χ0) is 14.2. The number of halogens is 2. The van der Waals surface area contributed by atoms with E-state index in [4.69, 9.17) is 11.6 Å². The van der Waals surface area contributed by atoms with Gasteiger partial charge in [0, 0.05) is 35.2 Å². The fourth-order valence-electron chi connectivity index (χ4n) is 1.74. The Morgan fingerprint density at radius 1 is 0.950 bits per heavy atom. The molecule has 3 rings (SSSR count). The number of pyridine rings is 2. The van der Waals surface area contributed by atoms with Crippen molar-refractivity contribution in [3.63, 3.8) is 0 Å². The molecule has 2 heterocycles. The van der Waals surface area contributed by atoms with Crippen molar-refractivity contribution in [2.45, 2.75) is 11.2 Å². The molecule has 0 saturated carbocycles. The lowest BCUT2D eigenvalue weighted by Gasteiger charge is -2.00. The smallest absolute Gasteiger partial charge is 0.0705 e. The van der Waals surface area contributed by atoms with Crippen LogP contribution >= 0.6 is 27.5 Å². The maximum Gasteiger partial charge on any atom is 0.0705 e. The van der Waals surface area contributed by atoms with E-state index in [1.165, 1.54) is 10.9 Å². The summed E-state index contributed by atoms with van der Waals surface area (Å²) < 4.78 is 0. The van der Waals surface area contributed by atoms with Crippen LogP contribution in [-0.2, 0) is 11.2 Å². The standard InChI is InChI=1S/C10H8BrN.C6H6ClN/c11-7-8-5-6-12-10-4-2-1-3-9(8)10;7-5-6-1-3-8-4-2-6/h1-6H,7H2;1-4H,5H2. The van der Waals surface area contributed by atoms with Crippen LogP contribution < -0.4 is 0 Å². The van der Waals surface area contributed by atoms with Crippen LogP contribution in [0.2, 0.25) is 0 Å². The van der Waals surface area contributed by atoms with E-state index in [1.54, 1.807) is 12.4 Å². The van der Waals surface area contributed by atoms with E-state index in [2.05, 4.69) is 32.0 Å². The van der Waals surface area contributed by atoms with Gasteiger partial charge in [-0.3, -0.25) is 9.97 Å². The molecule has 0 aliphatic heterocycles. The molecule has 1 aromatic carbocycles. The van der Waals surface area contributed by atoms with Gasteiger partial charge in [0.25, 0.3) is 0 Å². The molecule has 20 heavy (non-hydrogen) atoms. The number of hydrogen-bond donors (Lipinski definition) is 0. The van der Waals surface area contributed by atoms with Crippen molar-refractivity contribution in [3.05, 3.63) is 72.2 Å². The number of alkyl halides is 2. The highest BCUT2D eigenvalue weighted by molar-refractivity contribution is 9.08. The molecule has 0 spiro atoms. The van der Waals surface area contributed by atoms with Gasteiger partial charge in [-0.05, 0) is 35.4 Å². The fraction of sp³-hybridized carbons (Fsp3) is 0.125. The minimum Gasteiger partial charge on any atom is -0.265 e. The minimum atomic E-state index is 0.572. The molecule has 0 bridgehead atoms. The SMILES string of the molecule is BrCc1ccnc2ccccc12.ClCc1ccncc1. The molecule has 0 radical (unpaired) electrons. The van der Waals surface area contributed by atoms with Crippen molar-refractivity contribution in [3.8, 4) is 0 Å². The van der Waals surface area contributed by atoms with Gasteiger partial charge in [0.1, 0.15) is 0 Å². The molecule has 0 aliphatic rings. The maximum atomic E-state index is 5.50. The van der Waals surface area contributed by atoms with Crippen molar-refractivity contribution >= 4 is 38.4 Å². The van der Waals surface area contributed by atoms with Gasteiger partial charge in [-0.2, -0.15) is 0 Å². The van der Waals surface area contributed by atoms with E-state index < -0.39 is 0 Å². The van der Waals surface area contributed by atoms with Crippen LogP contribution in [0.1, 0.15) is 11.1 Å². The number of benzene rings is 1. The van der Waals surface area contributed by atoms with E-state index in [-0.39, 0.29) is 0 Å². The van der Waals surface area contributed by atoms with Gasteiger partial charge in [-0.15, -0.1) is 11.6 Å². The first-order valence-corrected chi connectivity index (χ1v) is 7.84. The zero-order valence-corrected chi connectivity index (χ0v) is 13.2. The van der Waals surface area contributed by atoms with E-state index in [0.717, 1.165) is 16.4 Å². The summed E-state index contributed by atoms with van der Waals surface area (Å²) in [6, 6.07) is 14.0. The van der Waals surface area contributed by atoms with Crippen molar-refractivity contribution in [1.82, 2.24) is 9.97 Å². The van der Waals surface area contributed by atoms with Crippen LogP contribution in [0.15, 0.2) is 61.1 Å². The highest BCUT2D eigenvalue weighted by Crippen LogP contribution is 2.17. The first-order valence-electron chi connectivity index (χ1n) is 6.18. The van der Waals surface area contributed by atoms with Crippen LogP contribution in [0.3, 0.4) is 0 Å². The number of fused-ring (bicyclic) bond motifs is 1. The largest absolute Gasteiger partial charge is 0.265 e. The topological polar surface area (TPSA) is 25.8 Å². The van der Waals surface area contributed by atoms with Crippen LogP contribution in [0.25, 0.3) is 10.9 Å². The first-order chi connectivity index (χ1) is 9.85. The summed E-state index contributed by atoms with van der Waals surface area (Å²) in [5, 5.41) is 2.12. The van der Waals surface area contributed by atoms with Gasteiger partial charge < -0.3 is 0 Å². The molecule has 3 aromatic rings. The van der Waals surface area contributed by atoms with Gasteiger partial charge in [-0.1, -0.05) is 34.1 Å². The van der Waals surface area contributed by atoms with Gasteiger partial charge in [0.05, 0.1) is 5.52 Å². The number of aromatic nitrogens is 2. The Morgan fingerprint density at radius 2 is 1.70 bits per heavy atom. The van der Waals surface area contributed by atoms with Crippen molar-refractivity contribution < 1.29 is 0 Å². The van der Waals surface area contributed by atoms with Crippen LogP contribution in [0, 0.1) is 0 Å². The molecular weight excluding hydrogens is 336 g/mol. The summed E-state index contributed by atoms with van der Waals surface area (Å²) in [5.41, 5.74) is 3.47. The first kappa shape index (κ1) is 14.9. The van der Waals surface area contributed by atoms with Gasteiger partial charge >= 0.3 is 0 Å². The molecule has 2 nitrogen and oxygen atoms in total. The van der Waals surface area contributed by atoms with E-state index in [9.17, 15) is 0 Å². The Morgan fingerprint density at radius 3 is 2.35 bits per heavy atom. The molecule has 0 aliphatic carbocycles. The highest BCUT2D eigenvalue weighted by Gasteiger charge is 1.97. The third-order valence-electron chi connectivity index (χ3n) is 2.79. The zero-order valence-electron chi connectivity index (χ0n) is 10.8. The van der Waals surface area contributed by atoms with Crippen molar-refractivity contribution in [2.75, 3.05) is 0 Å². The second-order valence-corrected chi connectivity index (χ2v) is 4.94. The lowest BCUT2D eigenvalue weighted by molar-refractivity contribution is 1.27. The van der Waals surface area contributed by atoms with Crippen LogP contribution in [0.5, 0.6) is 0 Å². The predicted molar refractivity (Wildman–Crippen MR) is 88.2 cm³/mol. The van der Waals surface area contributed by atoms with Gasteiger partial charge in [-0.25, -0.2) is 0 Å². The molecular formula is C16H14BrClN2. The maximum absolute atomic E-state index is 5.50. The Kier molecular flexibility index (Phi) is 5.96. The third kappa shape index (κ3) is 4.02. The minimum absolute atomic E-state index is 0.572. The molecule has 0 N–H and O–H groups in total. The summed E-state index contributed by atoms with van der Waals surface area (Å²) >= 11 is 8.95. The quantitative estimate of drug-likeness (QED) is 0.612. The van der Waals surface area contributed by atoms with Crippen molar-refractivity contribution in [1.29, 1.82) is 0 Å². The van der Waals surface area contributed by atoms with E-state index in [1.807, 2.05) is 42.6 Å². The summed E-state index contributed by atoms with van der Waals surface area (Å²) in [5.74, 6) is 0.572. The average molecular weight is 350 g/mol. The number of nitrogens with zero attached hydrogens (tertiary/aromatic N) is 2. The normalized spacial score (nSPS) is 9.90. The summed E-state index contributed by atoms with van der Waals surface area (Å²) in [4.78, 5) is 8.10. The second-order valence-electron chi connectivity index (χ2n) is 4.11. The molecule has 0 saturated heterocycles. The Balaban J connectivity index is 0.000000160. The third-order valence-corrected chi connectivity index (χ3v) is 3.70. The highest BCUT2D eigenvalue weighted by atomic mass is 79.9. The van der Waals surface area contributed by atoms with Gasteiger partial charge in [0.2, 0.25) is 0 Å². The van der Waals surface area contributed by atoms with Crippen LogP contribution in [-0.4, -0.2) is 9.97 Å². The Hall–Kier alpha value is -1.45. The lowest BCUT2D eigenvalue weighted by Crippen LogP contribution is -1.83. The number of para-hydroxylation sites is 1. The number of rotatable bonds is 2. The molecule has 0 amide bonds. The van der Waals surface area contributed by atoms with E-state index in [0.29, 0.717) is 5.88 Å². The Labute approximate surface area is 132 Å². The predicted octanol–water partition coefficient (Wildman–Crippen LogP) is 4.95. The number of hydrogen-bond acceptors (Lipinski definition) is 2.